The summed E-state index contributed by atoms with van der Waals surface area (Å²) in [6, 6.07) is 10.7. The van der Waals surface area contributed by atoms with Crippen LogP contribution in [0.15, 0.2) is 52.5 Å². The lowest BCUT2D eigenvalue weighted by atomic mass is 10.1. The van der Waals surface area contributed by atoms with Gasteiger partial charge in [-0.3, -0.25) is 0 Å². The molecule has 0 atom stereocenters. The van der Waals surface area contributed by atoms with Gasteiger partial charge in [0.15, 0.2) is 15.8 Å². The van der Waals surface area contributed by atoms with Gasteiger partial charge < -0.3 is 15.4 Å². The molecule has 0 fully saturated rings. The molecule has 0 aliphatic heterocycles. The molecule has 1 aromatic heterocycles. The normalized spacial score (nSPS) is 11.5. The van der Waals surface area contributed by atoms with Crippen molar-refractivity contribution in [3.8, 4) is 5.88 Å². The number of nitrogens with zero attached hydrogens (tertiary/aromatic N) is 2. The highest BCUT2D eigenvalue weighted by atomic mass is 127. The van der Waals surface area contributed by atoms with Crippen molar-refractivity contribution in [3.63, 3.8) is 0 Å². The highest BCUT2D eigenvalue weighted by molar-refractivity contribution is 14.0. The molecule has 154 valence electrons. The molecule has 0 unspecified atom stereocenters. The van der Waals surface area contributed by atoms with Gasteiger partial charge in [0.05, 0.1) is 18.6 Å². The van der Waals surface area contributed by atoms with Gasteiger partial charge in [-0.1, -0.05) is 12.1 Å². The second-order valence-electron chi connectivity index (χ2n) is 5.99. The quantitative estimate of drug-likeness (QED) is 0.317. The number of guanidine groups is 1. The number of hydrogen-bond acceptors (Lipinski definition) is 5. The van der Waals surface area contributed by atoms with Gasteiger partial charge in [-0.05, 0) is 42.7 Å². The van der Waals surface area contributed by atoms with Crippen molar-refractivity contribution in [2.75, 3.05) is 26.5 Å². The Labute approximate surface area is 184 Å². The molecule has 0 saturated carbocycles. The first-order chi connectivity index (χ1) is 12.9. The summed E-state index contributed by atoms with van der Waals surface area (Å²) in [4.78, 5) is 8.99. The summed E-state index contributed by atoms with van der Waals surface area (Å²) in [6.07, 6.45) is 3.67. The van der Waals surface area contributed by atoms with Gasteiger partial charge in [0.2, 0.25) is 5.88 Å². The van der Waals surface area contributed by atoms with Crippen molar-refractivity contribution < 1.29 is 13.2 Å². The zero-order chi connectivity index (χ0) is 19.7. The van der Waals surface area contributed by atoms with Crippen LogP contribution in [0.2, 0.25) is 0 Å². The number of nitrogens with one attached hydrogen (secondary N) is 2. The van der Waals surface area contributed by atoms with Gasteiger partial charge in [0.25, 0.3) is 0 Å². The zero-order valence-corrected chi connectivity index (χ0v) is 19.5. The first-order valence-electron chi connectivity index (χ1n) is 8.72. The Morgan fingerprint density at radius 1 is 1.14 bits per heavy atom. The fourth-order valence-corrected chi connectivity index (χ4v) is 3.03. The predicted octanol–water partition coefficient (Wildman–Crippen LogP) is 2.41. The second-order valence-corrected chi connectivity index (χ2v) is 8.01. The third-order valence-electron chi connectivity index (χ3n) is 3.83. The van der Waals surface area contributed by atoms with E-state index in [9.17, 15) is 8.42 Å². The molecule has 28 heavy (non-hydrogen) atoms. The van der Waals surface area contributed by atoms with Gasteiger partial charge in [-0.25, -0.2) is 18.4 Å². The van der Waals surface area contributed by atoms with Crippen LogP contribution in [0.25, 0.3) is 0 Å². The summed E-state index contributed by atoms with van der Waals surface area (Å²) >= 11 is 0. The SMILES string of the molecule is CCNC(=NCc1ccnc(OC)c1)NCCc1ccc(S(C)(=O)=O)cc1.I. The van der Waals surface area contributed by atoms with E-state index in [1.54, 1.807) is 25.4 Å². The monoisotopic (exact) mass is 518 g/mol. The number of hydrogen-bond donors (Lipinski definition) is 2. The number of rotatable bonds is 8. The topological polar surface area (TPSA) is 92.7 Å². The van der Waals surface area contributed by atoms with E-state index >= 15 is 0 Å². The van der Waals surface area contributed by atoms with Crippen LogP contribution >= 0.6 is 24.0 Å². The van der Waals surface area contributed by atoms with Gasteiger partial charge in [-0.2, -0.15) is 0 Å². The first kappa shape index (κ1) is 24.2. The molecule has 1 aromatic carbocycles. The fraction of sp³-hybridized carbons (Fsp3) is 0.368. The van der Waals surface area contributed by atoms with Gasteiger partial charge in [-0.15, -0.1) is 24.0 Å². The predicted molar refractivity (Wildman–Crippen MR) is 122 cm³/mol. The van der Waals surface area contributed by atoms with Crippen LogP contribution in [-0.2, 0) is 22.8 Å². The lowest BCUT2D eigenvalue weighted by Gasteiger charge is -2.11. The van der Waals surface area contributed by atoms with E-state index in [0.717, 1.165) is 30.1 Å². The molecule has 0 aliphatic rings. The standard InChI is InChI=1S/C19H26N4O3S.HI/c1-4-20-19(23-14-16-10-11-21-18(13-16)26-2)22-12-9-15-5-7-17(8-6-15)27(3,24)25;/h5-8,10-11,13H,4,9,12,14H2,1-3H3,(H2,20,22,23);1H. The molecular weight excluding hydrogens is 491 g/mol. The minimum atomic E-state index is -3.16. The average molecular weight is 518 g/mol. The number of pyridine rings is 1. The maximum Gasteiger partial charge on any atom is 0.213 e. The molecule has 2 aromatic rings. The molecule has 0 aliphatic carbocycles. The van der Waals surface area contributed by atoms with Crippen LogP contribution < -0.4 is 15.4 Å². The lowest BCUT2D eigenvalue weighted by Crippen LogP contribution is -2.38. The smallest absolute Gasteiger partial charge is 0.213 e. The Bertz CT molecular complexity index is 871. The Morgan fingerprint density at radius 2 is 1.86 bits per heavy atom. The van der Waals surface area contributed by atoms with Crippen molar-refractivity contribution >= 4 is 39.8 Å². The van der Waals surface area contributed by atoms with Crippen molar-refractivity contribution in [1.29, 1.82) is 0 Å². The summed E-state index contributed by atoms with van der Waals surface area (Å²) < 4.78 is 28.1. The summed E-state index contributed by atoms with van der Waals surface area (Å²) in [7, 11) is -1.57. The average Bonchev–Trinajstić information content (AvgIpc) is 2.66. The van der Waals surface area contributed by atoms with Gasteiger partial charge >= 0.3 is 0 Å². The number of sulfone groups is 1. The van der Waals surface area contributed by atoms with E-state index in [1.165, 1.54) is 6.26 Å². The Kier molecular flexibility index (Phi) is 10.2. The molecule has 1 heterocycles. The largest absolute Gasteiger partial charge is 0.481 e. The Balaban J connectivity index is 0.00000392. The maximum atomic E-state index is 11.5. The van der Waals surface area contributed by atoms with Crippen LogP contribution in [0, 0.1) is 0 Å². The van der Waals surface area contributed by atoms with Gasteiger partial charge in [0.1, 0.15) is 0 Å². The summed E-state index contributed by atoms with van der Waals surface area (Å²) in [5.74, 6) is 1.29. The number of benzene rings is 1. The van der Waals surface area contributed by atoms with Crippen molar-refractivity contribution in [1.82, 2.24) is 15.6 Å². The van der Waals surface area contributed by atoms with E-state index < -0.39 is 9.84 Å². The van der Waals surface area contributed by atoms with Crippen molar-refractivity contribution in [2.45, 2.75) is 24.8 Å². The van der Waals surface area contributed by atoms with E-state index in [-0.39, 0.29) is 24.0 Å². The molecule has 2 rings (SSSR count). The van der Waals surface area contributed by atoms with Crippen LogP contribution in [0.4, 0.5) is 0 Å². The summed E-state index contributed by atoms with van der Waals surface area (Å²) in [5, 5.41) is 6.50. The van der Waals surface area contributed by atoms with Gasteiger partial charge in [0, 0.05) is 31.6 Å². The molecule has 0 bridgehead atoms. The molecular formula is C19H27IN4O3S. The number of ether oxygens (including phenoxy) is 1. The molecule has 0 saturated heterocycles. The third-order valence-corrected chi connectivity index (χ3v) is 4.96. The summed E-state index contributed by atoms with van der Waals surface area (Å²) in [6.45, 7) is 3.96. The van der Waals surface area contributed by atoms with Crippen LogP contribution in [0.1, 0.15) is 18.1 Å². The lowest BCUT2D eigenvalue weighted by molar-refractivity contribution is 0.397. The third kappa shape index (κ3) is 8.01. The minimum absolute atomic E-state index is 0. The minimum Gasteiger partial charge on any atom is -0.481 e. The van der Waals surface area contributed by atoms with E-state index in [1.807, 2.05) is 31.2 Å². The van der Waals surface area contributed by atoms with Crippen LogP contribution in [0.5, 0.6) is 5.88 Å². The van der Waals surface area contributed by atoms with E-state index in [2.05, 4.69) is 20.6 Å². The highest BCUT2D eigenvalue weighted by Crippen LogP contribution is 2.11. The molecule has 0 radical (unpaired) electrons. The van der Waals surface area contributed by atoms with Crippen molar-refractivity contribution in [2.24, 2.45) is 4.99 Å². The molecule has 0 spiro atoms. The number of aliphatic imine (C=N–C) groups is 1. The van der Waals surface area contributed by atoms with E-state index in [0.29, 0.717) is 23.9 Å². The number of aromatic nitrogens is 1. The number of halogens is 1. The van der Waals surface area contributed by atoms with Crippen LogP contribution in [-0.4, -0.2) is 45.8 Å². The summed E-state index contributed by atoms with van der Waals surface area (Å²) in [5.41, 5.74) is 2.07. The number of methoxy groups -OCH3 is 1. The Hall–Kier alpha value is -1.88. The van der Waals surface area contributed by atoms with E-state index in [4.69, 9.17) is 4.74 Å². The fourth-order valence-electron chi connectivity index (χ4n) is 2.40. The Morgan fingerprint density at radius 3 is 2.46 bits per heavy atom. The molecule has 9 heteroatoms. The molecule has 7 nitrogen and oxygen atoms in total. The second kappa shape index (κ2) is 11.8. The maximum absolute atomic E-state index is 11.5. The van der Waals surface area contributed by atoms with Crippen LogP contribution in [0.3, 0.4) is 0 Å². The highest BCUT2D eigenvalue weighted by Gasteiger charge is 2.06. The zero-order valence-electron chi connectivity index (χ0n) is 16.3. The molecule has 2 N–H and O–H groups in total. The molecule has 0 amide bonds. The van der Waals surface area contributed by atoms with Crippen molar-refractivity contribution in [3.05, 3.63) is 53.7 Å². The first-order valence-corrected chi connectivity index (χ1v) is 10.6.